The maximum Gasteiger partial charge on any atom is 0.115 e. The molecule has 3 unspecified atom stereocenters. The topological polar surface area (TPSA) is 63.8 Å². The van der Waals surface area contributed by atoms with Gasteiger partial charge in [0.25, 0.3) is 0 Å². The standard InChI is InChI=1S/C10H16N4/c1-7-10(11)2-8(5-14-7)9-3-12-6-13-4-9/h3-4,6-8,10,14H,2,5,11H2,1H3. The molecule has 4 nitrogen and oxygen atoms in total. The first-order valence-corrected chi connectivity index (χ1v) is 5.01. The van der Waals surface area contributed by atoms with Crippen molar-refractivity contribution in [2.75, 3.05) is 6.54 Å². The van der Waals surface area contributed by atoms with E-state index in [1.807, 2.05) is 12.4 Å². The molecule has 0 aromatic carbocycles. The van der Waals surface area contributed by atoms with Crippen LogP contribution in [0.25, 0.3) is 0 Å². The number of nitrogens with zero attached hydrogens (tertiary/aromatic N) is 2. The molecule has 0 radical (unpaired) electrons. The smallest absolute Gasteiger partial charge is 0.115 e. The van der Waals surface area contributed by atoms with Crippen molar-refractivity contribution >= 4 is 0 Å². The molecule has 3 N–H and O–H groups in total. The Morgan fingerprint density at radius 2 is 2.14 bits per heavy atom. The van der Waals surface area contributed by atoms with Crippen molar-refractivity contribution in [1.29, 1.82) is 0 Å². The third-order valence-corrected chi connectivity index (χ3v) is 2.94. The summed E-state index contributed by atoms with van der Waals surface area (Å²) in [4.78, 5) is 8.05. The second kappa shape index (κ2) is 4.02. The van der Waals surface area contributed by atoms with Crippen molar-refractivity contribution in [2.24, 2.45) is 5.73 Å². The molecule has 76 valence electrons. The van der Waals surface area contributed by atoms with Crippen LogP contribution in [0.1, 0.15) is 24.8 Å². The van der Waals surface area contributed by atoms with Gasteiger partial charge in [0.1, 0.15) is 6.33 Å². The fourth-order valence-electron chi connectivity index (χ4n) is 1.87. The minimum Gasteiger partial charge on any atom is -0.326 e. The van der Waals surface area contributed by atoms with Crippen molar-refractivity contribution < 1.29 is 0 Å². The van der Waals surface area contributed by atoms with Gasteiger partial charge < -0.3 is 11.1 Å². The summed E-state index contributed by atoms with van der Waals surface area (Å²) in [5.41, 5.74) is 7.19. The van der Waals surface area contributed by atoms with Gasteiger partial charge in [0.05, 0.1) is 0 Å². The van der Waals surface area contributed by atoms with Gasteiger partial charge in [0.15, 0.2) is 0 Å². The summed E-state index contributed by atoms with van der Waals surface area (Å²) in [5.74, 6) is 0.461. The molecule has 0 aliphatic carbocycles. The van der Waals surface area contributed by atoms with Crippen LogP contribution in [0.15, 0.2) is 18.7 Å². The second-order valence-electron chi connectivity index (χ2n) is 3.97. The van der Waals surface area contributed by atoms with E-state index in [2.05, 4.69) is 22.2 Å². The Hall–Kier alpha value is -1.00. The van der Waals surface area contributed by atoms with Crippen molar-refractivity contribution in [3.8, 4) is 0 Å². The third kappa shape index (κ3) is 1.91. The molecular weight excluding hydrogens is 176 g/mol. The minimum absolute atomic E-state index is 0.231. The molecule has 2 heterocycles. The molecule has 1 aliphatic heterocycles. The van der Waals surface area contributed by atoms with E-state index in [1.54, 1.807) is 6.33 Å². The summed E-state index contributed by atoms with van der Waals surface area (Å²) >= 11 is 0. The quantitative estimate of drug-likeness (QED) is 0.670. The highest BCUT2D eigenvalue weighted by Crippen LogP contribution is 2.23. The molecule has 0 amide bonds. The predicted molar refractivity (Wildman–Crippen MR) is 54.8 cm³/mol. The number of hydrogen-bond donors (Lipinski definition) is 2. The van der Waals surface area contributed by atoms with E-state index in [0.29, 0.717) is 12.0 Å². The Kier molecular flexibility index (Phi) is 2.74. The van der Waals surface area contributed by atoms with Crippen LogP contribution in [-0.2, 0) is 0 Å². The molecule has 14 heavy (non-hydrogen) atoms. The van der Waals surface area contributed by atoms with E-state index in [1.165, 1.54) is 5.56 Å². The molecule has 2 rings (SSSR count). The van der Waals surface area contributed by atoms with E-state index in [4.69, 9.17) is 5.73 Å². The first-order chi connectivity index (χ1) is 6.77. The van der Waals surface area contributed by atoms with Crippen molar-refractivity contribution in [2.45, 2.75) is 31.3 Å². The first kappa shape index (κ1) is 9.55. The average Bonchev–Trinajstić information content (AvgIpc) is 2.23. The molecule has 1 aromatic rings. The summed E-state index contributed by atoms with van der Waals surface area (Å²) < 4.78 is 0. The molecule has 1 fully saturated rings. The Labute approximate surface area is 83.9 Å². The Morgan fingerprint density at radius 3 is 2.79 bits per heavy atom. The van der Waals surface area contributed by atoms with Crippen LogP contribution < -0.4 is 11.1 Å². The highest BCUT2D eigenvalue weighted by atomic mass is 15.0. The Balaban J connectivity index is 2.07. The molecule has 0 saturated carbocycles. The third-order valence-electron chi connectivity index (χ3n) is 2.94. The predicted octanol–water partition coefficient (Wildman–Crippen LogP) is 0.269. The van der Waals surface area contributed by atoms with Crippen LogP contribution in [0.4, 0.5) is 0 Å². The number of piperidine rings is 1. The molecule has 0 bridgehead atoms. The van der Waals surface area contributed by atoms with Gasteiger partial charge in [-0.25, -0.2) is 9.97 Å². The number of rotatable bonds is 1. The van der Waals surface area contributed by atoms with Crippen molar-refractivity contribution in [3.63, 3.8) is 0 Å². The van der Waals surface area contributed by atoms with E-state index in [9.17, 15) is 0 Å². The molecular formula is C10H16N4. The van der Waals surface area contributed by atoms with E-state index in [0.717, 1.165) is 13.0 Å². The molecule has 1 aliphatic rings. The summed E-state index contributed by atoms with van der Waals surface area (Å²) in [5, 5.41) is 3.40. The zero-order valence-corrected chi connectivity index (χ0v) is 8.35. The number of nitrogens with two attached hydrogens (primary N) is 1. The largest absolute Gasteiger partial charge is 0.326 e. The van der Waals surface area contributed by atoms with Gasteiger partial charge in [-0.2, -0.15) is 0 Å². The SMILES string of the molecule is CC1NCC(c2cncnc2)CC1N. The van der Waals surface area contributed by atoms with Gasteiger partial charge in [-0.1, -0.05) is 0 Å². The van der Waals surface area contributed by atoms with E-state index in [-0.39, 0.29) is 6.04 Å². The fourth-order valence-corrected chi connectivity index (χ4v) is 1.87. The zero-order chi connectivity index (χ0) is 9.97. The van der Waals surface area contributed by atoms with Crippen LogP contribution in [0, 0.1) is 0 Å². The molecule has 1 saturated heterocycles. The minimum atomic E-state index is 0.231. The molecule has 3 atom stereocenters. The zero-order valence-electron chi connectivity index (χ0n) is 8.35. The maximum atomic E-state index is 6.00. The van der Waals surface area contributed by atoms with Gasteiger partial charge in [-0.05, 0) is 18.9 Å². The lowest BCUT2D eigenvalue weighted by atomic mass is 9.88. The van der Waals surface area contributed by atoms with Crippen LogP contribution in [0.2, 0.25) is 0 Å². The number of nitrogens with one attached hydrogen (secondary N) is 1. The maximum absolute atomic E-state index is 6.00. The summed E-state index contributed by atoms with van der Waals surface area (Å²) in [7, 11) is 0. The molecule has 4 heteroatoms. The Bertz CT molecular complexity index is 287. The van der Waals surface area contributed by atoms with E-state index >= 15 is 0 Å². The number of aromatic nitrogens is 2. The van der Waals surface area contributed by atoms with Gasteiger partial charge in [-0.3, -0.25) is 0 Å². The normalized spacial score (nSPS) is 32.9. The van der Waals surface area contributed by atoms with Crippen LogP contribution in [0.5, 0.6) is 0 Å². The average molecular weight is 192 g/mol. The van der Waals surface area contributed by atoms with E-state index < -0.39 is 0 Å². The first-order valence-electron chi connectivity index (χ1n) is 5.01. The monoisotopic (exact) mass is 192 g/mol. The van der Waals surface area contributed by atoms with Crippen LogP contribution in [0.3, 0.4) is 0 Å². The number of hydrogen-bond acceptors (Lipinski definition) is 4. The molecule has 1 aromatic heterocycles. The second-order valence-corrected chi connectivity index (χ2v) is 3.97. The van der Waals surface area contributed by atoms with Gasteiger partial charge in [0.2, 0.25) is 0 Å². The lowest BCUT2D eigenvalue weighted by Gasteiger charge is -2.32. The van der Waals surface area contributed by atoms with Crippen LogP contribution >= 0.6 is 0 Å². The summed E-state index contributed by atoms with van der Waals surface area (Å²) in [6.45, 7) is 3.10. The summed E-state index contributed by atoms with van der Waals surface area (Å²) in [6, 6.07) is 0.643. The van der Waals surface area contributed by atoms with Crippen molar-refractivity contribution in [3.05, 3.63) is 24.3 Å². The highest BCUT2D eigenvalue weighted by molar-refractivity contribution is 5.13. The van der Waals surface area contributed by atoms with Crippen molar-refractivity contribution in [1.82, 2.24) is 15.3 Å². The summed E-state index contributed by atoms with van der Waals surface area (Å²) in [6.07, 6.45) is 6.33. The lowest BCUT2D eigenvalue weighted by molar-refractivity contribution is 0.337. The van der Waals surface area contributed by atoms with Gasteiger partial charge in [-0.15, -0.1) is 0 Å². The lowest BCUT2D eigenvalue weighted by Crippen LogP contribution is -2.50. The highest BCUT2D eigenvalue weighted by Gasteiger charge is 2.25. The molecule has 0 spiro atoms. The van der Waals surface area contributed by atoms with Gasteiger partial charge in [0, 0.05) is 36.9 Å². The Morgan fingerprint density at radius 1 is 1.43 bits per heavy atom. The van der Waals surface area contributed by atoms with Crippen LogP contribution in [-0.4, -0.2) is 28.6 Å². The fraction of sp³-hybridized carbons (Fsp3) is 0.600. The van der Waals surface area contributed by atoms with Gasteiger partial charge >= 0.3 is 0 Å².